The number of ether oxygens (including phenoxy) is 1. The second kappa shape index (κ2) is 5.57. The second-order valence-corrected chi connectivity index (χ2v) is 6.73. The molecule has 6 heteroatoms. The van der Waals surface area contributed by atoms with Crippen LogP contribution in [0.15, 0.2) is 27.7 Å². The highest BCUT2D eigenvalue weighted by atomic mass is 79.9. The van der Waals surface area contributed by atoms with Crippen molar-refractivity contribution in [3.8, 4) is 0 Å². The zero-order chi connectivity index (χ0) is 15.0. The van der Waals surface area contributed by atoms with E-state index < -0.39 is 5.54 Å². The van der Waals surface area contributed by atoms with Gasteiger partial charge in [0.2, 0.25) is 0 Å². The number of benzene rings is 1. The molecule has 114 valence electrons. The first kappa shape index (κ1) is 14.8. The Labute approximate surface area is 132 Å². The van der Waals surface area contributed by atoms with Crippen LogP contribution in [0.3, 0.4) is 0 Å². The average Bonchev–Trinajstić information content (AvgIpc) is 3.06. The molecule has 1 fully saturated rings. The van der Waals surface area contributed by atoms with Gasteiger partial charge in [-0.25, -0.2) is 4.39 Å². The van der Waals surface area contributed by atoms with Crippen molar-refractivity contribution in [3.63, 3.8) is 0 Å². The second-order valence-electron chi connectivity index (χ2n) is 5.82. The van der Waals surface area contributed by atoms with Gasteiger partial charge in [0.25, 0.3) is 0 Å². The number of rotatable bonds is 3. The first-order valence-corrected chi connectivity index (χ1v) is 7.95. The van der Waals surface area contributed by atoms with Crippen LogP contribution in [-0.2, 0) is 10.3 Å². The molecule has 2 aliphatic heterocycles. The fourth-order valence-electron chi connectivity index (χ4n) is 3.09. The molecule has 1 aromatic rings. The molecule has 2 aliphatic rings. The summed E-state index contributed by atoms with van der Waals surface area (Å²) in [6, 6.07) is 4.99. The summed E-state index contributed by atoms with van der Waals surface area (Å²) in [7, 11) is 0. The molecule has 0 bridgehead atoms. The normalized spacial score (nSPS) is 29.0. The third-order valence-corrected chi connectivity index (χ3v) is 4.83. The standard InChI is InChI=1S/C15H19BrFN3O/c1-15(12-7-10(16)4-5-13(12)17)9-19-14(18)20(15)8-11-3-2-6-21-11/h4-5,7,11H,2-3,6,8-9H2,1H3,(H2,18,19). The van der Waals surface area contributed by atoms with Crippen LogP contribution in [0.25, 0.3) is 0 Å². The predicted octanol–water partition coefficient (Wildman–Crippen LogP) is 2.61. The predicted molar refractivity (Wildman–Crippen MR) is 83.6 cm³/mol. The number of aliphatic imine (C=N–C) groups is 1. The molecule has 0 aliphatic carbocycles. The average molecular weight is 356 g/mol. The maximum absolute atomic E-state index is 14.3. The van der Waals surface area contributed by atoms with Gasteiger partial charge in [-0.05, 0) is 38.0 Å². The van der Waals surface area contributed by atoms with Crippen LogP contribution >= 0.6 is 15.9 Å². The summed E-state index contributed by atoms with van der Waals surface area (Å²) in [6.45, 7) is 3.88. The Morgan fingerprint density at radius 1 is 1.57 bits per heavy atom. The molecule has 2 N–H and O–H groups in total. The van der Waals surface area contributed by atoms with E-state index >= 15 is 0 Å². The zero-order valence-electron chi connectivity index (χ0n) is 12.0. The molecule has 0 aromatic heterocycles. The molecule has 1 aromatic carbocycles. The van der Waals surface area contributed by atoms with Gasteiger partial charge in [-0.2, -0.15) is 0 Å². The van der Waals surface area contributed by atoms with Gasteiger partial charge in [0, 0.05) is 23.2 Å². The summed E-state index contributed by atoms with van der Waals surface area (Å²) >= 11 is 3.41. The Balaban J connectivity index is 1.92. The van der Waals surface area contributed by atoms with Gasteiger partial charge in [0.05, 0.1) is 18.2 Å². The smallest absolute Gasteiger partial charge is 0.192 e. The lowest BCUT2D eigenvalue weighted by atomic mass is 9.90. The summed E-state index contributed by atoms with van der Waals surface area (Å²) in [5.74, 6) is 0.232. The Kier molecular flexibility index (Phi) is 3.92. The molecule has 0 radical (unpaired) electrons. The summed E-state index contributed by atoms with van der Waals surface area (Å²) in [5.41, 5.74) is 6.09. The Bertz CT molecular complexity index is 574. The van der Waals surface area contributed by atoms with Crippen molar-refractivity contribution in [1.29, 1.82) is 0 Å². The first-order chi connectivity index (χ1) is 10.0. The number of hydrogen-bond donors (Lipinski definition) is 1. The van der Waals surface area contributed by atoms with Crippen molar-refractivity contribution in [1.82, 2.24) is 4.90 Å². The van der Waals surface area contributed by atoms with Crippen molar-refractivity contribution in [2.24, 2.45) is 10.7 Å². The summed E-state index contributed by atoms with van der Waals surface area (Å²) in [5, 5.41) is 0. The van der Waals surface area contributed by atoms with Crippen molar-refractivity contribution in [2.75, 3.05) is 19.7 Å². The molecule has 2 unspecified atom stereocenters. The minimum absolute atomic E-state index is 0.145. The lowest BCUT2D eigenvalue weighted by Gasteiger charge is -2.38. The van der Waals surface area contributed by atoms with Crippen molar-refractivity contribution in [3.05, 3.63) is 34.1 Å². The Hall–Kier alpha value is -1.14. The fraction of sp³-hybridized carbons (Fsp3) is 0.533. The molecule has 2 atom stereocenters. The highest BCUT2D eigenvalue weighted by molar-refractivity contribution is 9.10. The van der Waals surface area contributed by atoms with Crippen LogP contribution in [0, 0.1) is 5.82 Å². The largest absolute Gasteiger partial charge is 0.376 e. The monoisotopic (exact) mass is 355 g/mol. The summed E-state index contributed by atoms with van der Waals surface area (Å²) < 4.78 is 20.9. The molecular formula is C15H19BrFN3O. The fourth-order valence-corrected chi connectivity index (χ4v) is 3.45. The van der Waals surface area contributed by atoms with E-state index in [-0.39, 0.29) is 11.9 Å². The molecule has 1 saturated heterocycles. The van der Waals surface area contributed by atoms with Gasteiger partial charge >= 0.3 is 0 Å². The summed E-state index contributed by atoms with van der Waals surface area (Å²) in [6.07, 6.45) is 2.23. The molecule has 4 nitrogen and oxygen atoms in total. The number of guanidine groups is 1. The highest BCUT2D eigenvalue weighted by Gasteiger charge is 2.42. The summed E-state index contributed by atoms with van der Waals surface area (Å²) in [4.78, 5) is 6.32. The third-order valence-electron chi connectivity index (χ3n) is 4.34. The van der Waals surface area contributed by atoms with Crippen molar-refractivity contribution >= 4 is 21.9 Å². The van der Waals surface area contributed by atoms with Gasteiger partial charge in [0.1, 0.15) is 5.82 Å². The lowest BCUT2D eigenvalue weighted by Crippen LogP contribution is -2.50. The molecule has 0 spiro atoms. The van der Waals surface area contributed by atoms with Crippen LogP contribution in [0.2, 0.25) is 0 Å². The van der Waals surface area contributed by atoms with Gasteiger partial charge < -0.3 is 15.4 Å². The van der Waals surface area contributed by atoms with Crippen LogP contribution in [0.1, 0.15) is 25.3 Å². The molecule has 2 heterocycles. The van der Waals surface area contributed by atoms with Gasteiger partial charge in [-0.1, -0.05) is 15.9 Å². The number of halogens is 2. The Morgan fingerprint density at radius 2 is 2.38 bits per heavy atom. The molecule has 0 saturated carbocycles. The Morgan fingerprint density at radius 3 is 3.10 bits per heavy atom. The lowest BCUT2D eigenvalue weighted by molar-refractivity contribution is 0.0682. The molecular weight excluding hydrogens is 337 g/mol. The van der Waals surface area contributed by atoms with Gasteiger partial charge in [-0.15, -0.1) is 0 Å². The maximum atomic E-state index is 14.3. The third kappa shape index (κ3) is 2.66. The van der Waals surface area contributed by atoms with Crippen molar-refractivity contribution < 1.29 is 9.13 Å². The SMILES string of the molecule is CC1(c2cc(Br)ccc2F)CN=C(N)N1CC1CCCO1. The van der Waals surface area contributed by atoms with E-state index in [1.165, 1.54) is 6.07 Å². The minimum Gasteiger partial charge on any atom is -0.376 e. The van der Waals surface area contributed by atoms with Crippen LogP contribution in [0.5, 0.6) is 0 Å². The van der Waals surface area contributed by atoms with Crippen LogP contribution in [-0.4, -0.2) is 36.7 Å². The van der Waals surface area contributed by atoms with E-state index in [4.69, 9.17) is 10.5 Å². The maximum Gasteiger partial charge on any atom is 0.192 e. The number of hydrogen-bond acceptors (Lipinski definition) is 4. The van der Waals surface area contributed by atoms with Gasteiger partial charge in [-0.3, -0.25) is 4.99 Å². The van der Waals surface area contributed by atoms with E-state index in [1.54, 1.807) is 6.07 Å². The van der Waals surface area contributed by atoms with E-state index in [0.29, 0.717) is 24.6 Å². The number of nitrogens with zero attached hydrogens (tertiary/aromatic N) is 2. The minimum atomic E-state index is -0.566. The first-order valence-electron chi connectivity index (χ1n) is 7.15. The topological polar surface area (TPSA) is 50.8 Å². The van der Waals surface area contributed by atoms with E-state index in [2.05, 4.69) is 20.9 Å². The molecule has 0 amide bonds. The zero-order valence-corrected chi connectivity index (χ0v) is 13.6. The highest BCUT2D eigenvalue weighted by Crippen LogP contribution is 2.36. The van der Waals surface area contributed by atoms with E-state index in [9.17, 15) is 4.39 Å². The van der Waals surface area contributed by atoms with Gasteiger partial charge in [0.15, 0.2) is 5.96 Å². The number of nitrogens with two attached hydrogens (primary N) is 1. The van der Waals surface area contributed by atoms with E-state index in [0.717, 1.165) is 23.9 Å². The van der Waals surface area contributed by atoms with Crippen LogP contribution < -0.4 is 5.73 Å². The van der Waals surface area contributed by atoms with E-state index in [1.807, 2.05) is 17.9 Å². The molecule has 3 rings (SSSR count). The molecule has 21 heavy (non-hydrogen) atoms. The van der Waals surface area contributed by atoms with Crippen LogP contribution in [0.4, 0.5) is 4.39 Å². The quantitative estimate of drug-likeness (QED) is 0.906. The van der Waals surface area contributed by atoms with Crippen molar-refractivity contribution in [2.45, 2.75) is 31.4 Å².